The lowest BCUT2D eigenvalue weighted by molar-refractivity contribution is -0.138. The quantitative estimate of drug-likeness (QED) is 0.0908. The van der Waals surface area contributed by atoms with Gasteiger partial charge in [0.25, 0.3) is 0 Å². The Hall–Kier alpha value is -4.60. The third kappa shape index (κ3) is 12.3. The molecular formula is C34H40O10. The number of esters is 4. The smallest absolute Gasteiger partial charge is 0.338 e. The van der Waals surface area contributed by atoms with Gasteiger partial charge in [-0.15, -0.1) is 0 Å². The van der Waals surface area contributed by atoms with Gasteiger partial charge in [0, 0.05) is 25.0 Å². The fourth-order valence-corrected chi connectivity index (χ4v) is 4.50. The highest BCUT2D eigenvalue weighted by atomic mass is 16.6. The maximum atomic E-state index is 12.6. The molecule has 10 nitrogen and oxygen atoms in total. The molecule has 2 aromatic carbocycles. The van der Waals surface area contributed by atoms with E-state index in [1.54, 1.807) is 48.5 Å². The molecule has 0 spiro atoms. The summed E-state index contributed by atoms with van der Waals surface area (Å²) in [5, 5.41) is 0. The van der Waals surface area contributed by atoms with Crippen LogP contribution in [-0.2, 0) is 28.5 Å². The van der Waals surface area contributed by atoms with Crippen LogP contribution in [0.25, 0.3) is 0 Å². The van der Waals surface area contributed by atoms with Gasteiger partial charge in [-0.2, -0.15) is 0 Å². The molecule has 0 aliphatic heterocycles. The van der Waals surface area contributed by atoms with E-state index in [0.29, 0.717) is 61.2 Å². The van der Waals surface area contributed by atoms with Crippen LogP contribution in [0.3, 0.4) is 0 Å². The minimum Gasteiger partial charge on any atom is -0.493 e. The van der Waals surface area contributed by atoms with Crippen LogP contribution < -0.4 is 9.47 Å². The lowest BCUT2D eigenvalue weighted by Gasteiger charge is -2.28. The highest BCUT2D eigenvalue weighted by Gasteiger charge is 2.24. The fourth-order valence-electron chi connectivity index (χ4n) is 4.50. The Morgan fingerprint density at radius 1 is 0.614 bits per heavy atom. The Labute approximate surface area is 257 Å². The number of benzene rings is 2. The molecule has 0 heterocycles. The number of hydrogen-bond donors (Lipinski definition) is 0. The summed E-state index contributed by atoms with van der Waals surface area (Å²) in [6.07, 6.45) is 7.23. The van der Waals surface area contributed by atoms with Crippen molar-refractivity contribution in [3.05, 3.63) is 85.0 Å². The van der Waals surface area contributed by atoms with E-state index in [1.807, 2.05) is 0 Å². The molecule has 1 aliphatic carbocycles. The lowest BCUT2D eigenvalue weighted by atomic mass is 9.85. The summed E-state index contributed by atoms with van der Waals surface area (Å²) in [5.41, 5.74) is 0.899. The molecule has 0 bridgehead atoms. The van der Waals surface area contributed by atoms with E-state index in [0.717, 1.165) is 44.3 Å². The maximum absolute atomic E-state index is 12.6. The molecule has 1 saturated carbocycles. The highest BCUT2D eigenvalue weighted by molar-refractivity contribution is 5.90. The largest absolute Gasteiger partial charge is 0.493 e. The molecule has 3 rings (SSSR count). The second kappa shape index (κ2) is 18.8. The lowest BCUT2D eigenvalue weighted by Crippen LogP contribution is -2.25. The van der Waals surface area contributed by atoms with Crippen molar-refractivity contribution >= 4 is 23.9 Å². The van der Waals surface area contributed by atoms with Gasteiger partial charge >= 0.3 is 23.9 Å². The van der Waals surface area contributed by atoms with Crippen LogP contribution in [0.2, 0.25) is 0 Å². The Balaban J connectivity index is 1.26. The Morgan fingerprint density at radius 3 is 1.57 bits per heavy atom. The van der Waals surface area contributed by atoms with Crippen LogP contribution in [0.4, 0.5) is 0 Å². The molecule has 0 radical (unpaired) electrons. The van der Waals surface area contributed by atoms with Crippen molar-refractivity contribution in [1.82, 2.24) is 0 Å². The van der Waals surface area contributed by atoms with Gasteiger partial charge in [-0.25, -0.2) is 19.2 Å². The first kappa shape index (κ1) is 33.9. The van der Waals surface area contributed by atoms with Crippen molar-refractivity contribution < 1.29 is 47.6 Å². The van der Waals surface area contributed by atoms with Crippen molar-refractivity contribution in [3.63, 3.8) is 0 Å². The van der Waals surface area contributed by atoms with Gasteiger partial charge in [-0.1, -0.05) is 13.2 Å². The predicted molar refractivity (Wildman–Crippen MR) is 161 cm³/mol. The van der Waals surface area contributed by atoms with Crippen molar-refractivity contribution in [3.8, 4) is 11.5 Å². The van der Waals surface area contributed by atoms with E-state index < -0.39 is 11.9 Å². The van der Waals surface area contributed by atoms with Crippen LogP contribution in [-0.4, -0.2) is 63.0 Å². The Bertz CT molecular complexity index is 1230. The molecule has 2 aromatic rings. The summed E-state index contributed by atoms with van der Waals surface area (Å²) >= 11 is 0. The fraction of sp³-hybridized carbons (Fsp3) is 0.412. The zero-order chi connectivity index (χ0) is 31.6. The van der Waals surface area contributed by atoms with Crippen molar-refractivity contribution in [2.75, 3.05) is 33.0 Å². The number of ether oxygens (including phenoxy) is 6. The second-order valence-corrected chi connectivity index (χ2v) is 10.2. The van der Waals surface area contributed by atoms with Crippen molar-refractivity contribution in [1.29, 1.82) is 0 Å². The summed E-state index contributed by atoms with van der Waals surface area (Å²) < 4.78 is 32.2. The van der Waals surface area contributed by atoms with E-state index in [4.69, 9.17) is 28.4 Å². The molecule has 1 aliphatic rings. The van der Waals surface area contributed by atoms with Gasteiger partial charge in [-0.05, 0) is 86.6 Å². The summed E-state index contributed by atoms with van der Waals surface area (Å²) in [7, 11) is 0. The van der Waals surface area contributed by atoms with Crippen LogP contribution in [0.1, 0.15) is 65.7 Å². The number of carbonyl (C=O) groups excluding carboxylic acids is 4. The third-order valence-corrected chi connectivity index (χ3v) is 6.94. The minimum absolute atomic E-state index is 0.140. The topological polar surface area (TPSA) is 124 Å². The molecule has 0 N–H and O–H groups in total. The van der Waals surface area contributed by atoms with Crippen molar-refractivity contribution in [2.24, 2.45) is 5.92 Å². The van der Waals surface area contributed by atoms with E-state index in [2.05, 4.69) is 13.2 Å². The summed E-state index contributed by atoms with van der Waals surface area (Å²) in [6, 6.07) is 13.5. The molecular weight excluding hydrogens is 568 g/mol. The summed E-state index contributed by atoms with van der Waals surface area (Å²) in [6.45, 7) is 8.24. The van der Waals surface area contributed by atoms with E-state index >= 15 is 0 Å². The average Bonchev–Trinajstić information content (AvgIpc) is 3.05. The molecule has 0 atom stereocenters. The highest BCUT2D eigenvalue weighted by Crippen LogP contribution is 2.29. The molecule has 10 heteroatoms. The van der Waals surface area contributed by atoms with Gasteiger partial charge in [0.15, 0.2) is 0 Å². The van der Waals surface area contributed by atoms with E-state index in [-0.39, 0.29) is 31.3 Å². The Morgan fingerprint density at radius 2 is 1.09 bits per heavy atom. The van der Waals surface area contributed by atoms with Crippen LogP contribution >= 0.6 is 0 Å². The zero-order valence-corrected chi connectivity index (χ0v) is 24.9. The third-order valence-electron chi connectivity index (χ3n) is 6.94. The maximum Gasteiger partial charge on any atom is 0.338 e. The second-order valence-electron chi connectivity index (χ2n) is 10.2. The van der Waals surface area contributed by atoms with Gasteiger partial charge in [0.2, 0.25) is 0 Å². The standard InChI is InChI=1S/C34H40O10/c1-3-31(35)41-22-5-20-39-28-15-9-26(10-16-28)33(37)43-24-19-25-7-13-30(14-8-25)44-34(38)27-11-17-29(18-12-27)40-21-6-23-42-32(36)4-2/h3-4,9-12,15-18,25,30H,1-2,5-8,13-14,19-24H2. The van der Waals surface area contributed by atoms with Crippen molar-refractivity contribution in [2.45, 2.75) is 51.0 Å². The number of rotatable bonds is 18. The summed E-state index contributed by atoms with van der Waals surface area (Å²) in [5.74, 6) is -0.0619. The SMILES string of the molecule is C=CC(=O)OCCCOc1ccc(C(=O)OCCC2CCC(OC(=O)c3ccc(OCCCOC(=O)C=C)cc3)CC2)cc1. The molecule has 44 heavy (non-hydrogen) atoms. The predicted octanol–water partition coefficient (Wildman–Crippen LogP) is 5.65. The Kier molecular flexibility index (Phi) is 14.5. The van der Waals surface area contributed by atoms with Gasteiger partial charge < -0.3 is 28.4 Å². The van der Waals surface area contributed by atoms with Gasteiger partial charge in [0.05, 0.1) is 44.2 Å². The minimum atomic E-state index is -0.465. The molecule has 0 saturated heterocycles. The molecule has 0 aromatic heterocycles. The van der Waals surface area contributed by atoms with Gasteiger partial charge in [0.1, 0.15) is 17.6 Å². The molecule has 0 amide bonds. The summed E-state index contributed by atoms with van der Waals surface area (Å²) in [4.78, 5) is 47.1. The van der Waals surface area contributed by atoms with E-state index in [1.165, 1.54) is 0 Å². The molecule has 236 valence electrons. The van der Waals surface area contributed by atoms with Crippen LogP contribution in [0, 0.1) is 5.92 Å². The van der Waals surface area contributed by atoms with Crippen LogP contribution in [0.5, 0.6) is 11.5 Å². The monoisotopic (exact) mass is 608 g/mol. The molecule has 1 fully saturated rings. The van der Waals surface area contributed by atoms with Gasteiger partial charge in [-0.3, -0.25) is 0 Å². The first-order valence-electron chi connectivity index (χ1n) is 14.8. The number of carbonyl (C=O) groups is 4. The normalized spacial score (nSPS) is 15.7. The zero-order valence-electron chi connectivity index (χ0n) is 24.9. The first-order valence-corrected chi connectivity index (χ1v) is 14.8. The average molecular weight is 609 g/mol. The van der Waals surface area contributed by atoms with E-state index in [9.17, 15) is 19.2 Å². The first-order chi connectivity index (χ1) is 21.4. The van der Waals surface area contributed by atoms with Crippen LogP contribution in [0.15, 0.2) is 73.8 Å². The number of hydrogen-bond acceptors (Lipinski definition) is 10. The molecule has 0 unspecified atom stereocenters.